The molecular weight excluding hydrogens is 407 g/mol. The van der Waals surface area contributed by atoms with Gasteiger partial charge in [-0.25, -0.2) is 4.39 Å². The van der Waals surface area contributed by atoms with Crippen LogP contribution in [0.25, 0.3) is 6.08 Å². The van der Waals surface area contributed by atoms with Gasteiger partial charge in [-0.15, -0.1) is 0 Å². The molecule has 2 aliphatic heterocycles. The van der Waals surface area contributed by atoms with Crippen LogP contribution in [0.5, 0.6) is 5.75 Å². The van der Waals surface area contributed by atoms with Gasteiger partial charge < -0.3 is 9.47 Å². The lowest BCUT2D eigenvalue weighted by molar-refractivity contribution is -0.122. The molecular formula is C19H12ClFN2O4S. The molecule has 0 unspecified atom stereocenters. The summed E-state index contributed by atoms with van der Waals surface area (Å²) >= 11 is 11.0. The molecule has 1 saturated heterocycles. The molecule has 2 aliphatic rings. The first-order chi connectivity index (χ1) is 13.4. The van der Waals surface area contributed by atoms with Crippen LogP contribution < -0.4 is 15.0 Å². The normalized spacial score (nSPS) is 18.0. The first-order valence-electron chi connectivity index (χ1n) is 8.14. The number of fused-ring (bicyclic) bond motifs is 1. The average Bonchev–Trinajstić information content (AvgIpc) is 2.66. The molecule has 2 amide bonds. The molecule has 0 aliphatic carbocycles. The van der Waals surface area contributed by atoms with Gasteiger partial charge in [-0.2, -0.15) is 0 Å². The molecule has 0 saturated carbocycles. The zero-order chi connectivity index (χ0) is 19.8. The number of nitrogens with zero attached hydrogens (tertiary/aromatic N) is 1. The summed E-state index contributed by atoms with van der Waals surface area (Å²) in [6.07, 6.45) is 1.29. The third-order valence-electron chi connectivity index (χ3n) is 4.19. The fraction of sp³-hybridized carbons (Fsp3) is 0.105. The Bertz CT molecular complexity index is 1040. The van der Waals surface area contributed by atoms with Crippen molar-refractivity contribution >= 4 is 52.5 Å². The van der Waals surface area contributed by atoms with Crippen molar-refractivity contribution < 1.29 is 23.5 Å². The fourth-order valence-electron chi connectivity index (χ4n) is 2.95. The van der Waals surface area contributed by atoms with Gasteiger partial charge in [-0.3, -0.25) is 19.8 Å². The van der Waals surface area contributed by atoms with Crippen molar-refractivity contribution in [3.8, 4) is 5.75 Å². The molecule has 0 radical (unpaired) electrons. The maximum Gasteiger partial charge on any atom is 0.270 e. The van der Waals surface area contributed by atoms with E-state index in [0.717, 1.165) is 0 Å². The molecule has 1 fully saturated rings. The highest BCUT2D eigenvalue weighted by Gasteiger charge is 2.35. The molecule has 2 aromatic rings. The van der Waals surface area contributed by atoms with Crippen LogP contribution in [0.1, 0.15) is 11.1 Å². The maximum absolute atomic E-state index is 14.0. The lowest BCUT2D eigenvalue weighted by Crippen LogP contribution is -2.54. The number of ether oxygens (including phenoxy) is 2. The quantitative estimate of drug-likeness (QED) is 0.461. The predicted octanol–water partition coefficient (Wildman–Crippen LogP) is 3.18. The van der Waals surface area contributed by atoms with Gasteiger partial charge in [0.05, 0.1) is 12.3 Å². The van der Waals surface area contributed by atoms with E-state index in [1.807, 2.05) is 0 Å². The molecule has 2 heterocycles. The second kappa shape index (κ2) is 7.31. The number of carbonyl (C=O) groups is 2. The number of rotatable bonds is 2. The number of carbonyl (C=O) groups excluding carboxylic acids is 2. The number of hydrogen-bond acceptors (Lipinski definition) is 5. The minimum Gasteiger partial charge on any atom is -0.467 e. The Morgan fingerprint density at radius 2 is 1.96 bits per heavy atom. The number of anilines is 1. The van der Waals surface area contributed by atoms with Gasteiger partial charge in [0.15, 0.2) is 11.9 Å². The Morgan fingerprint density at radius 3 is 2.71 bits per heavy atom. The summed E-state index contributed by atoms with van der Waals surface area (Å²) in [5.74, 6) is -1.48. The summed E-state index contributed by atoms with van der Waals surface area (Å²) in [6, 6.07) is 8.89. The second-order valence-electron chi connectivity index (χ2n) is 6.03. The average molecular weight is 419 g/mol. The standard InChI is InChI=1S/C19H12ClFN2O4S/c20-12-1-3-14(4-2-12)23-18(25)15(17(24)22-19(23)28)7-10-5-13(21)6-11-8-26-9-27-16(10)11/h1-7H,8-9H2,(H,22,24,28)/b15-7+. The Labute approximate surface area is 169 Å². The van der Waals surface area contributed by atoms with E-state index in [4.69, 9.17) is 33.3 Å². The Morgan fingerprint density at radius 1 is 1.21 bits per heavy atom. The van der Waals surface area contributed by atoms with Gasteiger partial charge >= 0.3 is 0 Å². The van der Waals surface area contributed by atoms with E-state index in [9.17, 15) is 14.0 Å². The van der Waals surface area contributed by atoms with Gasteiger partial charge in [0.1, 0.15) is 17.1 Å². The van der Waals surface area contributed by atoms with E-state index in [1.165, 1.54) is 23.1 Å². The molecule has 0 aromatic heterocycles. The van der Waals surface area contributed by atoms with Crippen molar-refractivity contribution in [2.45, 2.75) is 6.61 Å². The Balaban J connectivity index is 1.78. The topological polar surface area (TPSA) is 67.9 Å². The summed E-state index contributed by atoms with van der Waals surface area (Å²) in [6.45, 7) is 0.167. The monoisotopic (exact) mass is 418 g/mol. The van der Waals surface area contributed by atoms with Crippen molar-refractivity contribution in [1.82, 2.24) is 5.32 Å². The number of hydrogen-bond donors (Lipinski definition) is 1. The molecule has 0 spiro atoms. The highest BCUT2D eigenvalue weighted by Crippen LogP contribution is 2.32. The molecule has 0 bridgehead atoms. The van der Waals surface area contributed by atoms with E-state index in [2.05, 4.69) is 5.32 Å². The van der Waals surface area contributed by atoms with Crippen molar-refractivity contribution in [2.24, 2.45) is 0 Å². The summed E-state index contributed by atoms with van der Waals surface area (Å²) in [5, 5.41) is 2.91. The minimum absolute atomic E-state index is 0.00403. The van der Waals surface area contributed by atoms with Crippen molar-refractivity contribution in [3.63, 3.8) is 0 Å². The van der Waals surface area contributed by atoms with Crippen LogP contribution in [-0.4, -0.2) is 23.7 Å². The van der Waals surface area contributed by atoms with E-state index in [0.29, 0.717) is 22.0 Å². The third kappa shape index (κ3) is 3.37. The number of halogens is 2. The lowest BCUT2D eigenvalue weighted by atomic mass is 10.0. The molecule has 0 atom stereocenters. The zero-order valence-corrected chi connectivity index (χ0v) is 15.8. The van der Waals surface area contributed by atoms with Crippen LogP contribution in [0, 0.1) is 5.82 Å². The Hall–Kier alpha value is -2.81. The largest absolute Gasteiger partial charge is 0.467 e. The van der Waals surface area contributed by atoms with E-state index in [-0.39, 0.29) is 29.6 Å². The first-order valence-corrected chi connectivity index (χ1v) is 8.92. The third-order valence-corrected chi connectivity index (χ3v) is 4.73. The van der Waals surface area contributed by atoms with Crippen molar-refractivity contribution in [1.29, 1.82) is 0 Å². The molecule has 6 nitrogen and oxygen atoms in total. The molecule has 1 N–H and O–H groups in total. The molecule has 28 heavy (non-hydrogen) atoms. The predicted molar refractivity (Wildman–Crippen MR) is 104 cm³/mol. The summed E-state index contributed by atoms with van der Waals surface area (Å²) in [7, 11) is 0. The summed E-state index contributed by atoms with van der Waals surface area (Å²) < 4.78 is 24.6. The minimum atomic E-state index is -0.676. The summed E-state index contributed by atoms with van der Waals surface area (Å²) in [5.41, 5.74) is 0.996. The number of amides is 2. The second-order valence-corrected chi connectivity index (χ2v) is 6.85. The molecule has 9 heteroatoms. The smallest absolute Gasteiger partial charge is 0.270 e. The van der Waals surface area contributed by atoms with Crippen LogP contribution in [0.4, 0.5) is 10.1 Å². The van der Waals surface area contributed by atoms with Gasteiger partial charge in [0.25, 0.3) is 11.8 Å². The van der Waals surface area contributed by atoms with Crippen LogP contribution in [0.15, 0.2) is 42.0 Å². The van der Waals surface area contributed by atoms with Gasteiger partial charge in [-0.1, -0.05) is 11.6 Å². The highest BCUT2D eigenvalue weighted by atomic mass is 35.5. The zero-order valence-electron chi connectivity index (χ0n) is 14.2. The Kier molecular flexibility index (Phi) is 4.84. The van der Waals surface area contributed by atoms with Crippen LogP contribution in [0.2, 0.25) is 5.02 Å². The lowest BCUT2D eigenvalue weighted by Gasteiger charge is -2.29. The number of benzene rings is 2. The van der Waals surface area contributed by atoms with Crippen LogP contribution >= 0.6 is 23.8 Å². The number of thiocarbonyl (C=S) groups is 1. The van der Waals surface area contributed by atoms with Crippen molar-refractivity contribution in [2.75, 3.05) is 11.7 Å². The molecule has 142 valence electrons. The van der Waals surface area contributed by atoms with E-state index in [1.54, 1.807) is 24.3 Å². The van der Waals surface area contributed by atoms with E-state index >= 15 is 0 Å². The van der Waals surface area contributed by atoms with Crippen molar-refractivity contribution in [3.05, 3.63) is 63.9 Å². The fourth-order valence-corrected chi connectivity index (χ4v) is 3.36. The van der Waals surface area contributed by atoms with Gasteiger partial charge in [0.2, 0.25) is 0 Å². The highest BCUT2D eigenvalue weighted by molar-refractivity contribution is 7.80. The van der Waals surface area contributed by atoms with Gasteiger partial charge in [-0.05, 0) is 54.7 Å². The first kappa shape index (κ1) is 18.5. The summed E-state index contributed by atoms with van der Waals surface area (Å²) in [4.78, 5) is 26.6. The van der Waals surface area contributed by atoms with E-state index < -0.39 is 17.6 Å². The number of nitrogens with one attached hydrogen (secondary N) is 1. The SMILES string of the molecule is O=C1NC(=S)N(c2ccc(Cl)cc2)C(=O)/C1=C/c1cc(F)cc2c1OCOC2. The molecule has 2 aromatic carbocycles. The van der Waals surface area contributed by atoms with Gasteiger partial charge in [0, 0.05) is 16.1 Å². The van der Waals surface area contributed by atoms with Crippen LogP contribution in [0.3, 0.4) is 0 Å². The molecule has 4 rings (SSSR count). The maximum atomic E-state index is 14.0. The van der Waals surface area contributed by atoms with Crippen LogP contribution in [-0.2, 0) is 20.9 Å².